The van der Waals surface area contributed by atoms with Crippen LogP contribution in [-0.4, -0.2) is 51.2 Å². The van der Waals surface area contributed by atoms with Crippen molar-refractivity contribution in [3.8, 4) is 11.5 Å². The fourth-order valence-electron chi connectivity index (χ4n) is 2.49. The second-order valence-corrected chi connectivity index (χ2v) is 5.35. The zero-order valence-corrected chi connectivity index (χ0v) is 13.2. The van der Waals surface area contributed by atoms with E-state index in [9.17, 15) is 4.79 Å². The van der Waals surface area contributed by atoms with Crippen molar-refractivity contribution in [2.75, 3.05) is 40.4 Å². The summed E-state index contributed by atoms with van der Waals surface area (Å²) >= 11 is 6.22. The Morgan fingerprint density at radius 3 is 2.62 bits per heavy atom. The number of nitrogens with zero attached hydrogens (tertiary/aromatic N) is 1. The minimum absolute atomic E-state index is 0.194. The highest BCUT2D eigenvalue weighted by molar-refractivity contribution is 6.35. The van der Waals surface area contributed by atoms with Gasteiger partial charge in [-0.25, -0.2) is 0 Å². The predicted octanol–water partition coefficient (Wildman–Crippen LogP) is 2.18. The minimum Gasteiger partial charge on any atom is -0.493 e. The maximum atomic E-state index is 12.2. The molecule has 0 aromatic heterocycles. The third-order valence-corrected chi connectivity index (χ3v) is 4.02. The molecule has 1 aliphatic heterocycles. The molecule has 2 rings (SSSR count). The van der Waals surface area contributed by atoms with Gasteiger partial charge in [-0.05, 0) is 38.1 Å². The van der Waals surface area contributed by atoms with Gasteiger partial charge >= 0.3 is 0 Å². The summed E-state index contributed by atoms with van der Waals surface area (Å²) in [6.07, 6.45) is 2.49. The number of likely N-dealkylation sites (tertiary alicyclic amines) is 1. The normalized spacial score (nSPS) is 15.0. The van der Waals surface area contributed by atoms with Gasteiger partial charge in [-0.2, -0.15) is 0 Å². The predicted molar refractivity (Wildman–Crippen MR) is 82.6 cm³/mol. The largest absolute Gasteiger partial charge is 0.493 e. The molecule has 0 saturated carbocycles. The summed E-state index contributed by atoms with van der Waals surface area (Å²) in [5.41, 5.74) is 0.399. The smallest absolute Gasteiger partial charge is 0.252 e. The van der Waals surface area contributed by atoms with Crippen molar-refractivity contribution in [1.29, 1.82) is 0 Å². The number of nitrogens with one attached hydrogen (secondary N) is 1. The second-order valence-electron chi connectivity index (χ2n) is 4.97. The van der Waals surface area contributed by atoms with Gasteiger partial charge in [0.25, 0.3) is 5.91 Å². The van der Waals surface area contributed by atoms with Gasteiger partial charge in [-0.1, -0.05) is 11.6 Å². The molecule has 1 amide bonds. The quantitative estimate of drug-likeness (QED) is 0.875. The lowest BCUT2D eigenvalue weighted by Gasteiger charge is -2.16. The van der Waals surface area contributed by atoms with Crippen LogP contribution in [0.5, 0.6) is 11.5 Å². The Morgan fingerprint density at radius 2 is 2.00 bits per heavy atom. The van der Waals surface area contributed by atoms with E-state index in [1.165, 1.54) is 27.1 Å². The highest BCUT2D eigenvalue weighted by atomic mass is 35.5. The monoisotopic (exact) mass is 312 g/mol. The van der Waals surface area contributed by atoms with E-state index in [0.717, 1.165) is 19.6 Å². The van der Waals surface area contributed by atoms with Gasteiger partial charge < -0.3 is 19.7 Å². The first-order valence-corrected chi connectivity index (χ1v) is 7.46. The van der Waals surface area contributed by atoms with Gasteiger partial charge in [0, 0.05) is 13.1 Å². The van der Waals surface area contributed by atoms with Crippen LogP contribution in [0.3, 0.4) is 0 Å². The van der Waals surface area contributed by atoms with Crippen LogP contribution in [-0.2, 0) is 0 Å². The first-order valence-electron chi connectivity index (χ1n) is 7.08. The highest BCUT2D eigenvalue weighted by Crippen LogP contribution is 2.37. The van der Waals surface area contributed by atoms with Crippen LogP contribution in [0.1, 0.15) is 23.2 Å². The van der Waals surface area contributed by atoms with Crippen molar-refractivity contribution in [3.05, 3.63) is 22.7 Å². The standard InChI is InChI=1S/C15H21ClN2O3/c1-20-12-6-5-11(13(16)14(12)21-2)15(19)17-7-10-18-8-3-4-9-18/h5-6H,3-4,7-10H2,1-2H3,(H,17,19). The van der Waals surface area contributed by atoms with Crippen LogP contribution in [0.2, 0.25) is 5.02 Å². The minimum atomic E-state index is -0.194. The number of ether oxygens (including phenoxy) is 2. The third kappa shape index (κ3) is 3.80. The molecule has 1 aromatic carbocycles. The molecule has 1 saturated heterocycles. The summed E-state index contributed by atoms with van der Waals surface area (Å²) in [6.45, 7) is 3.72. The molecular formula is C15H21ClN2O3. The van der Waals surface area contributed by atoms with E-state index in [0.29, 0.717) is 23.6 Å². The van der Waals surface area contributed by atoms with Gasteiger partial charge in [0.15, 0.2) is 11.5 Å². The summed E-state index contributed by atoms with van der Waals surface area (Å²) < 4.78 is 10.4. The summed E-state index contributed by atoms with van der Waals surface area (Å²) in [6, 6.07) is 3.33. The molecule has 1 aromatic rings. The Bertz CT molecular complexity index is 502. The molecule has 6 heteroatoms. The molecule has 0 unspecified atom stereocenters. The number of hydrogen-bond donors (Lipinski definition) is 1. The van der Waals surface area contributed by atoms with E-state index in [1.54, 1.807) is 12.1 Å². The number of carbonyl (C=O) groups excluding carboxylic acids is 1. The van der Waals surface area contributed by atoms with Crippen molar-refractivity contribution in [3.63, 3.8) is 0 Å². The average molecular weight is 313 g/mol. The Kier molecular flexibility index (Phi) is 5.70. The van der Waals surface area contributed by atoms with Gasteiger partial charge in [-0.15, -0.1) is 0 Å². The Labute approximate surface area is 130 Å². The van der Waals surface area contributed by atoms with Crippen molar-refractivity contribution < 1.29 is 14.3 Å². The number of methoxy groups -OCH3 is 2. The average Bonchev–Trinajstić information content (AvgIpc) is 2.99. The van der Waals surface area contributed by atoms with Crippen LogP contribution < -0.4 is 14.8 Å². The molecule has 116 valence electrons. The van der Waals surface area contributed by atoms with Crippen LogP contribution in [0.15, 0.2) is 12.1 Å². The number of carbonyl (C=O) groups is 1. The molecule has 1 N–H and O–H groups in total. The van der Waals surface area contributed by atoms with E-state index in [1.807, 2.05) is 0 Å². The molecule has 5 nitrogen and oxygen atoms in total. The topological polar surface area (TPSA) is 50.8 Å². The molecule has 0 spiro atoms. The Morgan fingerprint density at radius 1 is 1.29 bits per heavy atom. The van der Waals surface area contributed by atoms with Crippen molar-refractivity contribution in [1.82, 2.24) is 10.2 Å². The highest BCUT2D eigenvalue weighted by Gasteiger charge is 2.18. The summed E-state index contributed by atoms with van der Waals surface area (Å²) in [4.78, 5) is 14.5. The second kappa shape index (κ2) is 7.52. The number of hydrogen-bond acceptors (Lipinski definition) is 4. The van der Waals surface area contributed by atoms with Crippen molar-refractivity contribution >= 4 is 17.5 Å². The first kappa shape index (κ1) is 15.9. The van der Waals surface area contributed by atoms with Crippen molar-refractivity contribution in [2.45, 2.75) is 12.8 Å². The summed E-state index contributed by atoms with van der Waals surface area (Å²) in [5.74, 6) is 0.697. The van der Waals surface area contributed by atoms with E-state index in [-0.39, 0.29) is 10.9 Å². The molecule has 0 aliphatic carbocycles. The lowest BCUT2D eigenvalue weighted by Crippen LogP contribution is -2.33. The molecule has 0 bridgehead atoms. The van der Waals surface area contributed by atoms with E-state index in [4.69, 9.17) is 21.1 Å². The fraction of sp³-hybridized carbons (Fsp3) is 0.533. The maximum absolute atomic E-state index is 12.2. The number of rotatable bonds is 6. The Balaban J connectivity index is 1.98. The molecule has 1 fully saturated rings. The molecule has 1 heterocycles. The van der Waals surface area contributed by atoms with Crippen LogP contribution in [0.4, 0.5) is 0 Å². The summed E-state index contributed by atoms with van der Waals surface area (Å²) in [5, 5.41) is 3.17. The summed E-state index contributed by atoms with van der Waals surface area (Å²) in [7, 11) is 3.03. The van der Waals surface area contributed by atoms with Crippen molar-refractivity contribution in [2.24, 2.45) is 0 Å². The number of halogens is 1. The molecule has 0 radical (unpaired) electrons. The number of amides is 1. The van der Waals surface area contributed by atoms with E-state index >= 15 is 0 Å². The lowest BCUT2D eigenvalue weighted by atomic mass is 10.2. The first-order chi connectivity index (χ1) is 10.2. The van der Waals surface area contributed by atoms with Crippen LogP contribution >= 0.6 is 11.6 Å². The fourth-order valence-corrected chi connectivity index (χ4v) is 2.81. The zero-order chi connectivity index (χ0) is 15.2. The van der Waals surface area contributed by atoms with Crippen LogP contribution in [0, 0.1) is 0 Å². The Hall–Kier alpha value is -1.46. The third-order valence-electron chi connectivity index (χ3n) is 3.64. The number of benzene rings is 1. The van der Waals surface area contributed by atoms with Gasteiger partial charge in [0.1, 0.15) is 0 Å². The zero-order valence-electron chi connectivity index (χ0n) is 12.4. The van der Waals surface area contributed by atoms with Gasteiger partial charge in [0.05, 0.1) is 24.8 Å². The molecule has 1 aliphatic rings. The van der Waals surface area contributed by atoms with Gasteiger partial charge in [0.2, 0.25) is 0 Å². The molecular weight excluding hydrogens is 292 g/mol. The molecule has 21 heavy (non-hydrogen) atoms. The maximum Gasteiger partial charge on any atom is 0.252 e. The molecule has 0 atom stereocenters. The van der Waals surface area contributed by atoms with E-state index in [2.05, 4.69) is 10.2 Å². The van der Waals surface area contributed by atoms with Gasteiger partial charge in [-0.3, -0.25) is 4.79 Å². The SMILES string of the molecule is COc1ccc(C(=O)NCCN2CCCC2)c(Cl)c1OC. The van der Waals surface area contributed by atoms with E-state index < -0.39 is 0 Å². The lowest BCUT2D eigenvalue weighted by molar-refractivity contribution is 0.0949. The van der Waals surface area contributed by atoms with Crippen LogP contribution in [0.25, 0.3) is 0 Å².